The molecular weight excluding hydrogens is 360 g/mol. The lowest BCUT2D eigenvalue weighted by Gasteiger charge is -2.28. The third kappa shape index (κ3) is 4.53. The minimum Gasteiger partial charge on any atom is -0.497 e. The number of aromatic nitrogens is 3. The molecule has 1 aliphatic heterocycles. The second-order valence-electron chi connectivity index (χ2n) is 6.58. The second-order valence-corrected chi connectivity index (χ2v) is 7.89. The highest BCUT2D eigenvalue weighted by atomic mass is 32.2. The number of benzene rings is 1. The van der Waals surface area contributed by atoms with E-state index in [2.05, 4.69) is 16.8 Å². The lowest BCUT2D eigenvalue weighted by Crippen LogP contribution is -2.40. The summed E-state index contributed by atoms with van der Waals surface area (Å²) < 4.78 is 7.22. The van der Waals surface area contributed by atoms with Crippen LogP contribution >= 0.6 is 11.8 Å². The fourth-order valence-electron chi connectivity index (χ4n) is 3.20. The molecule has 0 spiro atoms. The first-order valence-corrected chi connectivity index (χ1v) is 10.2. The molecule has 0 saturated carbocycles. The summed E-state index contributed by atoms with van der Waals surface area (Å²) >= 11 is 1.46. The van der Waals surface area contributed by atoms with Gasteiger partial charge in [0.15, 0.2) is 11.0 Å². The molecule has 0 radical (unpaired) electrons. The third-order valence-electron chi connectivity index (χ3n) is 4.67. The van der Waals surface area contributed by atoms with E-state index in [-0.39, 0.29) is 11.2 Å². The molecule has 1 atom stereocenters. The summed E-state index contributed by atoms with van der Waals surface area (Å²) in [5.74, 6) is 1.74. The molecule has 1 aliphatic rings. The van der Waals surface area contributed by atoms with E-state index < -0.39 is 0 Å². The summed E-state index contributed by atoms with van der Waals surface area (Å²) in [7, 11) is 1.64. The number of piperidine rings is 1. The molecule has 2 heterocycles. The van der Waals surface area contributed by atoms with Gasteiger partial charge in [0.1, 0.15) is 5.75 Å². The number of allylic oxidation sites excluding steroid dienone is 1. The molecule has 1 aromatic heterocycles. The van der Waals surface area contributed by atoms with Crippen molar-refractivity contribution < 1.29 is 9.53 Å². The fraction of sp³-hybridized carbons (Fsp3) is 0.450. The molecule has 144 valence electrons. The average molecular weight is 387 g/mol. The highest BCUT2D eigenvalue weighted by Crippen LogP contribution is 2.29. The maximum absolute atomic E-state index is 12.7. The Morgan fingerprint density at radius 3 is 2.59 bits per heavy atom. The Morgan fingerprint density at radius 1 is 1.26 bits per heavy atom. The molecule has 0 unspecified atom stereocenters. The van der Waals surface area contributed by atoms with Crippen LogP contribution in [0.4, 0.5) is 0 Å². The number of rotatable bonds is 7. The van der Waals surface area contributed by atoms with Crippen molar-refractivity contribution in [3.05, 3.63) is 36.9 Å². The summed E-state index contributed by atoms with van der Waals surface area (Å²) in [5.41, 5.74) is 0.951. The molecule has 2 aromatic rings. The normalized spacial score (nSPS) is 15.4. The molecule has 0 aliphatic carbocycles. The van der Waals surface area contributed by atoms with Crippen molar-refractivity contribution in [1.29, 1.82) is 0 Å². The quantitative estimate of drug-likeness (QED) is 0.537. The number of amides is 1. The second kappa shape index (κ2) is 9.08. The number of nitrogens with zero attached hydrogens (tertiary/aromatic N) is 4. The Kier molecular flexibility index (Phi) is 6.55. The predicted octanol–water partition coefficient (Wildman–Crippen LogP) is 3.63. The molecular formula is C20H26N4O2S. The number of hydrogen-bond donors (Lipinski definition) is 0. The van der Waals surface area contributed by atoms with Gasteiger partial charge < -0.3 is 9.64 Å². The van der Waals surface area contributed by atoms with Gasteiger partial charge in [-0.1, -0.05) is 17.8 Å². The first-order valence-electron chi connectivity index (χ1n) is 9.28. The molecule has 1 amide bonds. The SMILES string of the molecule is C=CCn1c(S[C@H](C)C(=O)N2CCCCC2)nnc1-c1ccc(OC)cc1. The number of ether oxygens (including phenoxy) is 1. The van der Waals surface area contributed by atoms with Gasteiger partial charge in [-0.3, -0.25) is 9.36 Å². The van der Waals surface area contributed by atoms with E-state index in [1.54, 1.807) is 7.11 Å². The number of carbonyl (C=O) groups excluding carboxylic acids is 1. The summed E-state index contributed by atoms with van der Waals surface area (Å²) in [6.45, 7) is 8.10. The van der Waals surface area contributed by atoms with Crippen LogP contribution in [0, 0.1) is 0 Å². The lowest BCUT2D eigenvalue weighted by atomic mass is 10.1. The van der Waals surface area contributed by atoms with Gasteiger partial charge in [-0.05, 0) is 50.5 Å². The van der Waals surface area contributed by atoms with E-state index in [9.17, 15) is 4.79 Å². The van der Waals surface area contributed by atoms with Crippen molar-refractivity contribution in [3.63, 3.8) is 0 Å². The van der Waals surface area contributed by atoms with Crippen LogP contribution in [0.3, 0.4) is 0 Å². The van der Waals surface area contributed by atoms with Gasteiger partial charge in [-0.15, -0.1) is 16.8 Å². The monoisotopic (exact) mass is 386 g/mol. The van der Waals surface area contributed by atoms with Crippen molar-refractivity contribution in [2.75, 3.05) is 20.2 Å². The summed E-state index contributed by atoms with van der Waals surface area (Å²) in [4.78, 5) is 14.7. The smallest absolute Gasteiger partial charge is 0.235 e. The summed E-state index contributed by atoms with van der Waals surface area (Å²) in [6.07, 6.45) is 5.22. The number of methoxy groups -OCH3 is 1. The van der Waals surface area contributed by atoms with E-state index in [4.69, 9.17) is 4.74 Å². The van der Waals surface area contributed by atoms with Gasteiger partial charge in [0, 0.05) is 25.2 Å². The van der Waals surface area contributed by atoms with Gasteiger partial charge in [0.2, 0.25) is 5.91 Å². The Bertz CT molecular complexity index is 782. The zero-order valence-electron chi connectivity index (χ0n) is 15.9. The minimum absolute atomic E-state index is 0.179. The van der Waals surface area contributed by atoms with Crippen molar-refractivity contribution in [1.82, 2.24) is 19.7 Å². The molecule has 7 heteroatoms. The number of thioether (sulfide) groups is 1. The van der Waals surface area contributed by atoms with E-state index in [1.807, 2.05) is 46.7 Å². The van der Waals surface area contributed by atoms with E-state index in [0.717, 1.165) is 48.2 Å². The van der Waals surface area contributed by atoms with Crippen LogP contribution in [0.1, 0.15) is 26.2 Å². The van der Waals surface area contributed by atoms with Crippen LogP contribution in [-0.4, -0.2) is 51.0 Å². The standard InChI is InChI=1S/C20H26N4O2S/c1-4-12-24-18(16-8-10-17(26-3)11-9-16)21-22-20(24)27-15(2)19(25)23-13-6-5-7-14-23/h4,8-11,15H,1,5-7,12-14H2,2-3H3/t15-/m1/s1. The molecule has 0 N–H and O–H groups in total. The highest BCUT2D eigenvalue weighted by Gasteiger charge is 2.25. The number of carbonyl (C=O) groups is 1. The maximum atomic E-state index is 12.7. The van der Waals surface area contributed by atoms with Gasteiger partial charge in [0.25, 0.3) is 0 Å². The van der Waals surface area contributed by atoms with Crippen LogP contribution in [0.2, 0.25) is 0 Å². The Morgan fingerprint density at radius 2 is 1.96 bits per heavy atom. The fourth-order valence-corrected chi connectivity index (χ4v) is 4.15. The van der Waals surface area contributed by atoms with Gasteiger partial charge in [-0.25, -0.2) is 0 Å². The highest BCUT2D eigenvalue weighted by molar-refractivity contribution is 8.00. The first-order chi connectivity index (χ1) is 13.1. The van der Waals surface area contributed by atoms with Gasteiger partial charge >= 0.3 is 0 Å². The van der Waals surface area contributed by atoms with E-state index in [1.165, 1.54) is 18.2 Å². The van der Waals surface area contributed by atoms with Crippen molar-refractivity contribution in [2.45, 2.75) is 43.1 Å². The van der Waals surface area contributed by atoms with Crippen LogP contribution < -0.4 is 4.74 Å². The van der Waals surface area contributed by atoms with Gasteiger partial charge in [-0.2, -0.15) is 0 Å². The zero-order chi connectivity index (χ0) is 19.2. The lowest BCUT2D eigenvalue weighted by molar-refractivity contribution is -0.131. The van der Waals surface area contributed by atoms with Crippen LogP contribution in [0.5, 0.6) is 5.75 Å². The van der Waals surface area contributed by atoms with E-state index in [0.29, 0.717) is 6.54 Å². The number of hydrogen-bond acceptors (Lipinski definition) is 5. The zero-order valence-corrected chi connectivity index (χ0v) is 16.7. The topological polar surface area (TPSA) is 60.2 Å². The Hall–Kier alpha value is -2.28. The average Bonchev–Trinajstić information content (AvgIpc) is 3.10. The molecule has 0 bridgehead atoms. The Balaban J connectivity index is 1.79. The number of likely N-dealkylation sites (tertiary alicyclic amines) is 1. The molecule has 27 heavy (non-hydrogen) atoms. The van der Waals surface area contributed by atoms with Crippen molar-refractivity contribution in [2.24, 2.45) is 0 Å². The van der Waals surface area contributed by atoms with Crippen molar-refractivity contribution in [3.8, 4) is 17.1 Å². The van der Waals surface area contributed by atoms with Gasteiger partial charge in [0.05, 0.1) is 12.4 Å². The van der Waals surface area contributed by atoms with Crippen molar-refractivity contribution >= 4 is 17.7 Å². The summed E-state index contributed by atoms with van der Waals surface area (Å²) in [5, 5.41) is 9.25. The largest absolute Gasteiger partial charge is 0.497 e. The first kappa shape index (κ1) is 19.5. The van der Waals surface area contributed by atoms with Crippen LogP contribution in [0.25, 0.3) is 11.4 Å². The molecule has 3 rings (SSSR count). The molecule has 1 fully saturated rings. The molecule has 6 nitrogen and oxygen atoms in total. The molecule has 1 aromatic carbocycles. The maximum Gasteiger partial charge on any atom is 0.235 e. The third-order valence-corrected chi connectivity index (χ3v) is 5.74. The minimum atomic E-state index is -0.195. The Labute approximate surface area is 164 Å². The predicted molar refractivity (Wildman–Crippen MR) is 108 cm³/mol. The van der Waals surface area contributed by atoms with Crippen LogP contribution in [-0.2, 0) is 11.3 Å². The summed E-state index contributed by atoms with van der Waals surface area (Å²) in [6, 6.07) is 7.72. The van der Waals surface area contributed by atoms with E-state index >= 15 is 0 Å². The molecule has 1 saturated heterocycles. The van der Waals surface area contributed by atoms with Crippen LogP contribution in [0.15, 0.2) is 42.1 Å².